The molecule has 10 heteroatoms. The molecule has 1 amide bonds. The summed E-state index contributed by atoms with van der Waals surface area (Å²) in [5.74, 6) is 0.884. The molecule has 1 unspecified atom stereocenters. The van der Waals surface area contributed by atoms with Crippen LogP contribution in [0, 0.1) is 6.92 Å². The van der Waals surface area contributed by atoms with Crippen molar-refractivity contribution in [3.05, 3.63) is 59.5 Å². The lowest BCUT2D eigenvalue weighted by Gasteiger charge is -2.23. The topological polar surface area (TPSA) is 102 Å². The maximum absolute atomic E-state index is 13.1. The Balaban J connectivity index is 1.33. The zero-order chi connectivity index (χ0) is 23.9. The highest BCUT2D eigenvalue weighted by Gasteiger charge is 2.39. The molecule has 34 heavy (non-hydrogen) atoms. The average molecular weight is 498 g/mol. The van der Waals surface area contributed by atoms with Gasteiger partial charge in [-0.1, -0.05) is 17.7 Å². The number of methoxy groups -OCH3 is 1. The first-order valence-corrected chi connectivity index (χ1v) is 13.1. The van der Waals surface area contributed by atoms with E-state index in [0.29, 0.717) is 47.3 Å². The van der Waals surface area contributed by atoms with E-state index in [-0.39, 0.29) is 10.8 Å². The van der Waals surface area contributed by atoms with E-state index in [2.05, 4.69) is 10.3 Å². The SMILES string of the molecule is COc1ccc2cc(-c3csc(NC(=O)C4CCCN4S(=O)(=O)c4ccc(C)cc4)n3)oc2c1. The average Bonchev–Trinajstić information content (AvgIpc) is 3.57. The van der Waals surface area contributed by atoms with Crippen molar-refractivity contribution in [2.24, 2.45) is 0 Å². The third kappa shape index (κ3) is 4.20. The van der Waals surface area contributed by atoms with Crippen LogP contribution in [0.4, 0.5) is 5.13 Å². The highest BCUT2D eigenvalue weighted by Crippen LogP contribution is 2.33. The standard InChI is InChI=1S/C24H23N3O5S2/c1-15-5-9-18(10-6-15)34(29,30)27-11-3-4-20(27)23(28)26-24-25-19(14-33-24)22-12-16-7-8-17(31-2)13-21(16)32-22/h5-10,12-14,20H,3-4,11H2,1-2H3,(H,25,26,28). The number of benzene rings is 2. The molecule has 2 aromatic carbocycles. The molecule has 0 aliphatic carbocycles. The molecular weight excluding hydrogens is 474 g/mol. The molecule has 8 nitrogen and oxygen atoms in total. The number of fused-ring (bicyclic) bond motifs is 1. The van der Waals surface area contributed by atoms with Gasteiger partial charge in [0, 0.05) is 23.4 Å². The number of rotatable bonds is 6. The number of thiazole rings is 1. The number of anilines is 1. The molecule has 4 aromatic rings. The molecule has 3 heterocycles. The Morgan fingerprint density at radius 1 is 1.21 bits per heavy atom. The number of carbonyl (C=O) groups excluding carboxylic acids is 1. The van der Waals surface area contributed by atoms with Gasteiger partial charge >= 0.3 is 0 Å². The molecule has 1 aliphatic rings. The normalized spacial score (nSPS) is 16.7. The molecule has 0 radical (unpaired) electrons. The van der Waals surface area contributed by atoms with E-state index in [1.807, 2.05) is 25.1 Å². The van der Waals surface area contributed by atoms with Crippen molar-refractivity contribution in [1.82, 2.24) is 9.29 Å². The second kappa shape index (κ2) is 8.86. The molecule has 0 spiro atoms. The van der Waals surface area contributed by atoms with Gasteiger partial charge in [0.05, 0.1) is 12.0 Å². The number of nitrogens with one attached hydrogen (secondary N) is 1. The van der Waals surface area contributed by atoms with Gasteiger partial charge < -0.3 is 14.5 Å². The van der Waals surface area contributed by atoms with Crippen LogP contribution in [-0.2, 0) is 14.8 Å². The molecule has 5 rings (SSSR count). The van der Waals surface area contributed by atoms with Crippen molar-refractivity contribution in [2.45, 2.75) is 30.7 Å². The zero-order valence-electron chi connectivity index (χ0n) is 18.6. The summed E-state index contributed by atoms with van der Waals surface area (Å²) in [5.41, 5.74) is 2.24. The highest BCUT2D eigenvalue weighted by atomic mass is 32.2. The van der Waals surface area contributed by atoms with E-state index >= 15 is 0 Å². The fraction of sp³-hybridized carbons (Fsp3) is 0.250. The van der Waals surface area contributed by atoms with Gasteiger partial charge in [0.25, 0.3) is 0 Å². The third-order valence-electron chi connectivity index (χ3n) is 5.85. The van der Waals surface area contributed by atoms with Gasteiger partial charge in [-0.15, -0.1) is 11.3 Å². The molecule has 2 aromatic heterocycles. The number of amides is 1. The quantitative estimate of drug-likeness (QED) is 0.416. The summed E-state index contributed by atoms with van der Waals surface area (Å²) in [4.78, 5) is 17.7. The number of nitrogens with zero attached hydrogens (tertiary/aromatic N) is 2. The minimum atomic E-state index is -3.77. The maximum atomic E-state index is 13.1. The van der Waals surface area contributed by atoms with Gasteiger partial charge in [-0.05, 0) is 50.1 Å². The Bertz CT molecular complexity index is 1460. The largest absolute Gasteiger partial charge is 0.497 e. The molecule has 1 aliphatic heterocycles. The highest BCUT2D eigenvalue weighted by molar-refractivity contribution is 7.89. The molecule has 1 saturated heterocycles. The maximum Gasteiger partial charge on any atom is 0.244 e. The van der Waals surface area contributed by atoms with Crippen molar-refractivity contribution in [2.75, 3.05) is 19.0 Å². The second-order valence-electron chi connectivity index (χ2n) is 8.13. The number of sulfonamides is 1. The number of furan rings is 1. The van der Waals surface area contributed by atoms with Gasteiger partial charge in [-0.3, -0.25) is 4.79 Å². The molecule has 176 valence electrons. The number of ether oxygens (including phenoxy) is 1. The van der Waals surface area contributed by atoms with E-state index in [1.54, 1.807) is 42.8 Å². The van der Waals surface area contributed by atoms with E-state index in [1.165, 1.54) is 15.6 Å². The zero-order valence-corrected chi connectivity index (χ0v) is 20.3. The summed E-state index contributed by atoms with van der Waals surface area (Å²) >= 11 is 1.26. The van der Waals surface area contributed by atoms with Gasteiger partial charge in [-0.2, -0.15) is 4.31 Å². The first kappa shape index (κ1) is 22.6. The van der Waals surface area contributed by atoms with Gasteiger partial charge in [0.2, 0.25) is 15.9 Å². The van der Waals surface area contributed by atoms with Crippen molar-refractivity contribution in [3.8, 4) is 17.2 Å². The van der Waals surface area contributed by atoms with Crippen molar-refractivity contribution in [1.29, 1.82) is 0 Å². The Morgan fingerprint density at radius 3 is 2.76 bits per heavy atom. The Morgan fingerprint density at radius 2 is 2.00 bits per heavy atom. The molecule has 1 fully saturated rings. The van der Waals surface area contributed by atoms with Crippen LogP contribution in [-0.4, -0.2) is 43.3 Å². The smallest absolute Gasteiger partial charge is 0.244 e. The Hall–Kier alpha value is -3.21. The minimum Gasteiger partial charge on any atom is -0.497 e. The van der Waals surface area contributed by atoms with Crippen molar-refractivity contribution < 1.29 is 22.4 Å². The Kier molecular flexibility index (Phi) is 5.88. The fourth-order valence-corrected chi connectivity index (χ4v) is 6.39. The van der Waals surface area contributed by atoms with Crippen LogP contribution in [0.5, 0.6) is 5.75 Å². The van der Waals surface area contributed by atoms with Crippen LogP contribution >= 0.6 is 11.3 Å². The van der Waals surface area contributed by atoms with Crippen LogP contribution in [0.2, 0.25) is 0 Å². The first-order chi connectivity index (χ1) is 16.3. The number of aryl methyl sites for hydroxylation is 1. The predicted molar refractivity (Wildman–Crippen MR) is 131 cm³/mol. The van der Waals surface area contributed by atoms with Crippen LogP contribution in [0.15, 0.2) is 63.2 Å². The number of hydrogen-bond acceptors (Lipinski definition) is 7. The minimum absolute atomic E-state index is 0.191. The lowest BCUT2D eigenvalue weighted by Crippen LogP contribution is -2.43. The van der Waals surface area contributed by atoms with E-state index in [0.717, 1.165) is 10.9 Å². The number of carbonyl (C=O) groups is 1. The monoisotopic (exact) mass is 497 g/mol. The van der Waals surface area contributed by atoms with Gasteiger partial charge in [0.15, 0.2) is 10.9 Å². The van der Waals surface area contributed by atoms with E-state index in [4.69, 9.17) is 9.15 Å². The van der Waals surface area contributed by atoms with Gasteiger partial charge in [0.1, 0.15) is 23.1 Å². The lowest BCUT2D eigenvalue weighted by molar-refractivity contribution is -0.119. The predicted octanol–water partition coefficient (Wildman–Crippen LogP) is 4.67. The van der Waals surface area contributed by atoms with Crippen LogP contribution in [0.3, 0.4) is 0 Å². The number of aromatic nitrogens is 1. The third-order valence-corrected chi connectivity index (χ3v) is 8.53. The summed E-state index contributed by atoms with van der Waals surface area (Å²) in [6, 6.07) is 13.3. The lowest BCUT2D eigenvalue weighted by atomic mass is 10.2. The molecule has 1 N–H and O–H groups in total. The fourth-order valence-electron chi connectivity index (χ4n) is 4.03. The van der Waals surface area contributed by atoms with Crippen LogP contribution < -0.4 is 10.1 Å². The van der Waals surface area contributed by atoms with Crippen molar-refractivity contribution in [3.63, 3.8) is 0 Å². The molecule has 0 bridgehead atoms. The van der Waals surface area contributed by atoms with Crippen LogP contribution in [0.25, 0.3) is 22.4 Å². The van der Waals surface area contributed by atoms with E-state index in [9.17, 15) is 13.2 Å². The first-order valence-electron chi connectivity index (χ1n) is 10.8. The Labute approximate surface area is 201 Å². The van der Waals surface area contributed by atoms with Gasteiger partial charge in [-0.25, -0.2) is 13.4 Å². The van der Waals surface area contributed by atoms with Crippen LogP contribution in [0.1, 0.15) is 18.4 Å². The number of hydrogen-bond donors (Lipinski definition) is 1. The summed E-state index contributed by atoms with van der Waals surface area (Å²) in [6.45, 7) is 2.20. The van der Waals surface area contributed by atoms with Crippen molar-refractivity contribution >= 4 is 43.4 Å². The summed E-state index contributed by atoms with van der Waals surface area (Å²) in [6.07, 6.45) is 1.08. The second-order valence-corrected chi connectivity index (χ2v) is 10.9. The molecule has 0 saturated carbocycles. The molecule has 1 atom stereocenters. The summed E-state index contributed by atoms with van der Waals surface area (Å²) in [7, 11) is -2.17. The molecular formula is C24H23N3O5S2. The summed E-state index contributed by atoms with van der Waals surface area (Å²) in [5, 5.41) is 5.88. The van der Waals surface area contributed by atoms with E-state index < -0.39 is 16.1 Å². The summed E-state index contributed by atoms with van der Waals surface area (Å²) < 4.78 is 38.7.